The van der Waals surface area contributed by atoms with Crippen LogP contribution in [0.3, 0.4) is 0 Å². The van der Waals surface area contributed by atoms with E-state index in [1.165, 1.54) is 212 Å². The molecular weight excluding hydrogens is 1530 g/mol. The van der Waals surface area contributed by atoms with Crippen molar-refractivity contribution in [3.05, 3.63) is 0 Å². The maximum Gasteiger partial charge on any atom is 0.119 e. The molecule has 0 aromatic heterocycles. The van der Waals surface area contributed by atoms with Crippen LogP contribution in [0.25, 0.3) is 0 Å². The third kappa shape index (κ3) is 16.1. The maximum atomic E-state index is 5.82. The summed E-state index contributed by atoms with van der Waals surface area (Å²) in [5.74, 6) is 32.1. The van der Waals surface area contributed by atoms with Crippen LogP contribution in [0.1, 0.15) is 337 Å². The monoisotopic (exact) mass is 1730 g/mol. The highest BCUT2D eigenvalue weighted by molar-refractivity contribution is 6.74. The number of rotatable bonds is 5. The zero-order chi connectivity index (χ0) is 85.2. The Kier molecular flexibility index (Phi) is 27.6. The van der Waals surface area contributed by atoms with E-state index in [4.69, 9.17) is 9.47 Å². The molecule has 6 aliphatic heterocycles. The minimum Gasteiger partial charge on any atom is -0.381 e. The molecule has 0 bridgehead atoms. The van der Waals surface area contributed by atoms with Crippen molar-refractivity contribution in [2.75, 3.05) is 35.4 Å². The SMILES string of the molecule is CC1C2CCCCC2C2C3CCCCC3N(C)C12.CC1CCC2C(C1)C1C3CCCCC3C(C)C1N2C.CC1CCC2C(C1)C1C3CCCCC3C(C)C1N2[Si](C)(C)C.COC1CCC2C(C1)C1C3CCCCC3C(C)C1N2C.COC1CCC2C(C1)C1C3CCCCC3C(C)C1N2[Si](C)(C)C.C[Si](C)(C)N1C2CCCCC2C2C3CCCCC3CC21. The number of nitrogens with zero attached hydrogens (tertiary/aromatic N) is 6. The summed E-state index contributed by atoms with van der Waals surface area (Å²) in [6.45, 7) is 41.5. The van der Waals surface area contributed by atoms with Crippen molar-refractivity contribution in [3.63, 3.8) is 0 Å². The molecule has 0 radical (unpaired) electrons. The Morgan fingerprint density at radius 1 is 0.205 bits per heavy atom. The van der Waals surface area contributed by atoms with Gasteiger partial charge in [-0.25, -0.2) is 0 Å². The summed E-state index contributed by atoms with van der Waals surface area (Å²) in [7, 11) is 7.59. The van der Waals surface area contributed by atoms with Gasteiger partial charge < -0.3 is 23.2 Å². The Morgan fingerprint density at radius 3 is 0.844 bits per heavy atom. The molecule has 18 aliphatic carbocycles. The second-order valence-corrected chi connectivity index (χ2v) is 68.2. The quantitative estimate of drug-likeness (QED) is 0.252. The van der Waals surface area contributed by atoms with E-state index in [2.05, 4.69) is 157 Å². The van der Waals surface area contributed by atoms with Gasteiger partial charge in [0.15, 0.2) is 0 Å². The first-order valence-corrected chi connectivity index (χ1v) is 66.5. The van der Waals surface area contributed by atoms with E-state index in [9.17, 15) is 0 Å². The molecule has 45 unspecified atom stereocenters. The molecule has 6 saturated heterocycles. The topological polar surface area (TPSA) is 37.9 Å². The fourth-order valence-corrected chi connectivity index (χ4v) is 50.2. The lowest BCUT2D eigenvalue weighted by Crippen LogP contribution is -2.56. The highest BCUT2D eigenvalue weighted by Crippen LogP contribution is 2.68. The number of ether oxygens (including phenoxy) is 2. The van der Waals surface area contributed by atoms with Crippen LogP contribution in [0.2, 0.25) is 58.9 Å². The second-order valence-electron chi connectivity index (χ2n) is 53.6. The standard InChI is InChI=1S/C20H37NOSi.C20H37NSi.C18H31NO.C18H33NSi.C18H31N.C17H29N/c1-13-15-8-6-7-9-16(15)19-17-12-14(22-2)10-11-18(17)21(20(13)19)23(3,4)5;1-13-10-11-18-17(12-13)19-16-9-7-6-8-15(16)14(2)20(19)21(18)22(3,4)5;1-11-13-6-4-5-7-14(13)17-15-10-12(20-3)8-9-16(15)19(2)18(11)17;1-20(2,3)19-16-11-7-6-10-15(16)18-14-9-5-4-8-13(14)12-17(18)19;1-11-8-9-16-15(10-11)17-14-7-5-4-6-13(14)12(2)18(17)19(16)3;1-11-12-7-3-4-8-13(12)16-14-9-5-6-10-15(14)18(2)17(11)16/h13-20H,6-12H2,1-5H3;13-20H,6-12H2,1-5H3;11-18H,4-10H2,1-3H3;13-18H,4-12H2,1-3H3;11-18H,4-10H2,1-3H3;11-17H,3-10H2,1-2H3. The van der Waals surface area contributed by atoms with E-state index >= 15 is 0 Å². The minimum atomic E-state index is -1.26. The van der Waals surface area contributed by atoms with Crippen molar-refractivity contribution in [1.82, 2.24) is 28.4 Å². The van der Waals surface area contributed by atoms with Crippen molar-refractivity contribution < 1.29 is 9.47 Å². The average Bonchev–Trinajstić information content (AvgIpc) is 1.56. The average molecular weight is 1730 g/mol. The predicted octanol–water partition coefficient (Wildman–Crippen LogP) is 26.7. The molecular formula is C111H198N6O2Si3. The van der Waals surface area contributed by atoms with Gasteiger partial charge in [0.1, 0.15) is 24.7 Å². The first kappa shape index (κ1) is 91.4. The smallest absolute Gasteiger partial charge is 0.119 e. The lowest BCUT2D eigenvalue weighted by molar-refractivity contribution is 0.0157. The Hall–Kier alpha value is 0.331. The summed E-state index contributed by atoms with van der Waals surface area (Å²) in [4.78, 5) is 8.51. The van der Waals surface area contributed by atoms with Crippen molar-refractivity contribution in [3.8, 4) is 0 Å². The summed E-state index contributed by atoms with van der Waals surface area (Å²) in [6, 6.07) is 11.2. The van der Waals surface area contributed by atoms with E-state index in [1.807, 2.05) is 14.2 Å². The van der Waals surface area contributed by atoms with Crippen LogP contribution in [-0.2, 0) is 9.47 Å². The Morgan fingerprint density at radius 2 is 0.459 bits per heavy atom. The molecule has 0 N–H and O–H groups in total. The first-order valence-electron chi connectivity index (χ1n) is 56.2. The van der Waals surface area contributed by atoms with Crippen molar-refractivity contribution in [2.45, 2.75) is 481 Å². The van der Waals surface area contributed by atoms with Crippen LogP contribution < -0.4 is 0 Å². The van der Waals surface area contributed by atoms with Gasteiger partial charge in [-0.15, -0.1) is 0 Å². The number of hydrogen-bond acceptors (Lipinski definition) is 8. The maximum absolute atomic E-state index is 5.82. The fraction of sp³-hybridized carbons (Fsp3) is 1.00. The largest absolute Gasteiger partial charge is 0.381 e. The van der Waals surface area contributed by atoms with Crippen LogP contribution in [0.4, 0.5) is 0 Å². The highest BCUT2D eigenvalue weighted by Gasteiger charge is 2.69. The lowest BCUT2D eigenvalue weighted by atomic mass is 9.68. The molecule has 24 aliphatic rings. The van der Waals surface area contributed by atoms with Crippen molar-refractivity contribution in [1.29, 1.82) is 0 Å². The summed E-state index contributed by atoms with van der Waals surface area (Å²) >= 11 is 0. The summed E-state index contributed by atoms with van der Waals surface area (Å²) in [6.07, 6.45) is 68.6. The third-order valence-corrected chi connectivity index (χ3v) is 52.4. The van der Waals surface area contributed by atoms with Crippen molar-refractivity contribution >= 4 is 24.7 Å². The molecule has 0 aromatic rings. The molecule has 8 nitrogen and oxygen atoms in total. The molecule has 0 aromatic carbocycles. The summed E-state index contributed by atoms with van der Waals surface area (Å²) in [5.41, 5.74) is 0. The molecule has 0 amide bonds. The molecule has 18 saturated carbocycles. The Bertz CT molecular complexity index is 3400. The summed E-state index contributed by atoms with van der Waals surface area (Å²) in [5, 5.41) is 0. The van der Waals surface area contributed by atoms with Gasteiger partial charge in [0.25, 0.3) is 0 Å². The van der Waals surface area contributed by atoms with Gasteiger partial charge in [0, 0.05) is 86.7 Å². The highest BCUT2D eigenvalue weighted by atomic mass is 28.3. The number of fused-ring (bicyclic) bond motifs is 30. The molecule has 45 atom stereocenters. The minimum absolute atomic E-state index is 0.538. The zero-order valence-electron chi connectivity index (χ0n) is 83.8. The number of hydrogen-bond donors (Lipinski definition) is 0. The van der Waals surface area contributed by atoms with Crippen molar-refractivity contribution in [2.24, 2.45) is 183 Å². The van der Waals surface area contributed by atoms with E-state index in [1.54, 1.807) is 77.0 Å². The predicted molar refractivity (Wildman–Crippen MR) is 522 cm³/mol. The molecule has 24 rings (SSSR count). The third-order valence-electron chi connectivity index (χ3n) is 45.8. The first-order chi connectivity index (χ1) is 58.6. The van der Waals surface area contributed by atoms with Crippen LogP contribution in [0.15, 0.2) is 0 Å². The van der Waals surface area contributed by atoms with E-state index in [0.717, 1.165) is 256 Å². The van der Waals surface area contributed by atoms with E-state index in [-0.39, 0.29) is 0 Å². The molecule has 11 heteroatoms. The van der Waals surface area contributed by atoms with Gasteiger partial charge in [0.2, 0.25) is 0 Å². The zero-order valence-corrected chi connectivity index (χ0v) is 86.8. The molecule has 696 valence electrons. The molecule has 122 heavy (non-hydrogen) atoms. The van der Waals surface area contributed by atoms with Gasteiger partial charge >= 0.3 is 0 Å². The number of methoxy groups -OCH3 is 2. The normalized spacial score (nSPS) is 53.2. The Balaban J connectivity index is 0.0000000965. The van der Waals surface area contributed by atoms with Crippen LogP contribution >= 0.6 is 0 Å². The lowest BCUT2D eigenvalue weighted by Gasteiger charge is -2.45. The van der Waals surface area contributed by atoms with Crippen LogP contribution in [0, 0.1) is 183 Å². The van der Waals surface area contributed by atoms with Gasteiger partial charge in [-0.1, -0.05) is 217 Å². The van der Waals surface area contributed by atoms with Gasteiger partial charge in [-0.05, 0) is 384 Å². The van der Waals surface area contributed by atoms with Gasteiger partial charge in [-0.3, -0.25) is 14.7 Å². The molecule has 6 heterocycles. The molecule has 0 spiro atoms. The molecule has 24 fully saturated rings. The number of likely N-dealkylation sites (tertiary alicyclic amines) is 3. The van der Waals surface area contributed by atoms with Crippen LogP contribution in [-0.4, -0.2) is 173 Å². The summed E-state index contributed by atoms with van der Waals surface area (Å²) < 4.78 is 21.0. The van der Waals surface area contributed by atoms with Gasteiger partial charge in [-0.2, -0.15) is 0 Å². The fourth-order valence-electron chi connectivity index (χ4n) is 42.4. The van der Waals surface area contributed by atoms with E-state index < -0.39 is 24.7 Å². The second kappa shape index (κ2) is 36.9. The Labute approximate surface area is 757 Å². The van der Waals surface area contributed by atoms with Crippen LogP contribution in [0.5, 0.6) is 0 Å². The van der Waals surface area contributed by atoms with Gasteiger partial charge in [0.05, 0.1) is 12.2 Å². The van der Waals surface area contributed by atoms with E-state index in [0.29, 0.717) is 12.2 Å².